The van der Waals surface area contributed by atoms with Crippen molar-refractivity contribution in [3.05, 3.63) is 12.2 Å². The molecule has 7 nitrogen and oxygen atoms in total. The Labute approximate surface area is 155 Å². The highest BCUT2D eigenvalue weighted by Gasteiger charge is 2.48. The van der Waals surface area contributed by atoms with Gasteiger partial charge in [-0.15, -0.1) is 0 Å². The van der Waals surface area contributed by atoms with E-state index in [1.165, 1.54) is 12.0 Å². The lowest BCUT2D eigenvalue weighted by atomic mass is 9.99. The Balaban J connectivity index is 2.34. The molecule has 1 saturated heterocycles. The van der Waals surface area contributed by atoms with Crippen LogP contribution in [0.3, 0.4) is 0 Å². The fourth-order valence-electron chi connectivity index (χ4n) is 3.63. The smallest absolute Gasteiger partial charge is 0.410 e. The number of hydrogen-bond donors (Lipinski definition) is 0. The van der Waals surface area contributed by atoms with Gasteiger partial charge >= 0.3 is 12.1 Å². The Bertz CT molecular complexity index is 595. The van der Waals surface area contributed by atoms with Gasteiger partial charge < -0.3 is 14.4 Å². The number of rotatable bonds is 3. The standard InChI is InChI=1S/C19H30N2O5/c1-7-14-9-8-13-10-11-20(18(24)26-19(3,4)5)15(13)16(22)21(14)12(2)17(23)25-6/h8-9,12-15H,7,10-11H2,1-6H3/t12-,13-,14+,15-/m0/s1. The molecule has 0 bridgehead atoms. The summed E-state index contributed by atoms with van der Waals surface area (Å²) in [6.07, 6.45) is 4.86. The highest BCUT2D eigenvalue weighted by atomic mass is 16.6. The minimum Gasteiger partial charge on any atom is -0.467 e. The van der Waals surface area contributed by atoms with Gasteiger partial charge in [0.05, 0.1) is 13.2 Å². The largest absolute Gasteiger partial charge is 0.467 e. The first-order valence-electron chi connectivity index (χ1n) is 9.18. The molecule has 2 aliphatic heterocycles. The van der Waals surface area contributed by atoms with Gasteiger partial charge in [-0.1, -0.05) is 19.1 Å². The van der Waals surface area contributed by atoms with Crippen LogP contribution in [0, 0.1) is 5.92 Å². The molecule has 2 heterocycles. The zero-order valence-electron chi connectivity index (χ0n) is 16.5. The van der Waals surface area contributed by atoms with Crippen LogP contribution in [0.2, 0.25) is 0 Å². The third-order valence-corrected chi connectivity index (χ3v) is 4.90. The van der Waals surface area contributed by atoms with E-state index in [2.05, 4.69) is 0 Å². The lowest BCUT2D eigenvalue weighted by molar-refractivity contribution is -0.155. The third-order valence-electron chi connectivity index (χ3n) is 4.90. The number of hydrogen-bond acceptors (Lipinski definition) is 5. The van der Waals surface area contributed by atoms with E-state index >= 15 is 0 Å². The van der Waals surface area contributed by atoms with Gasteiger partial charge in [-0.3, -0.25) is 9.69 Å². The number of fused-ring (bicyclic) bond motifs is 1. The number of carbonyl (C=O) groups is 3. The predicted octanol–water partition coefficient (Wildman–Crippen LogP) is 2.35. The molecule has 0 spiro atoms. The second kappa shape index (κ2) is 7.68. The lowest BCUT2D eigenvalue weighted by Crippen LogP contribution is -2.56. The second-order valence-electron chi connectivity index (χ2n) is 7.88. The Morgan fingerprint density at radius 3 is 2.50 bits per heavy atom. The molecule has 0 radical (unpaired) electrons. The number of ether oxygens (including phenoxy) is 2. The SMILES string of the molecule is CC[C@@H]1C=C[C@H]2CCN(C(=O)OC(C)(C)C)[C@@H]2C(=O)N1[C@@H](C)C(=O)OC. The Morgan fingerprint density at radius 2 is 1.96 bits per heavy atom. The molecule has 2 aliphatic rings. The maximum absolute atomic E-state index is 13.4. The van der Waals surface area contributed by atoms with Crippen molar-refractivity contribution in [2.24, 2.45) is 5.92 Å². The highest BCUT2D eigenvalue weighted by Crippen LogP contribution is 2.33. The predicted molar refractivity (Wildman–Crippen MR) is 96.4 cm³/mol. The van der Waals surface area contributed by atoms with E-state index in [1.54, 1.807) is 32.6 Å². The van der Waals surface area contributed by atoms with Gasteiger partial charge in [0, 0.05) is 12.5 Å². The summed E-state index contributed by atoms with van der Waals surface area (Å²) < 4.78 is 10.3. The van der Waals surface area contributed by atoms with Gasteiger partial charge in [0.15, 0.2) is 0 Å². The van der Waals surface area contributed by atoms with Crippen molar-refractivity contribution < 1.29 is 23.9 Å². The average molecular weight is 366 g/mol. The summed E-state index contributed by atoms with van der Waals surface area (Å²) in [7, 11) is 1.31. The van der Waals surface area contributed by atoms with E-state index < -0.39 is 29.7 Å². The van der Waals surface area contributed by atoms with Crippen LogP contribution < -0.4 is 0 Å². The van der Waals surface area contributed by atoms with Crippen molar-refractivity contribution >= 4 is 18.0 Å². The van der Waals surface area contributed by atoms with E-state index in [1.807, 2.05) is 19.1 Å². The molecule has 0 saturated carbocycles. The summed E-state index contributed by atoms with van der Waals surface area (Å²) in [6, 6.07) is -1.57. The molecule has 0 aromatic carbocycles. The number of carbonyl (C=O) groups excluding carboxylic acids is 3. The number of nitrogens with zero attached hydrogens (tertiary/aromatic N) is 2. The number of likely N-dealkylation sites (tertiary alicyclic amines) is 1. The van der Waals surface area contributed by atoms with E-state index in [9.17, 15) is 14.4 Å². The molecule has 4 atom stereocenters. The van der Waals surface area contributed by atoms with Gasteiger partial charge in [0.1, 0.15) is 17.7 Å². The first-order valence-corrected chi connectivity index (χ1v) is 9.18. The highest BCUT2D eigenvalue weighted by molar-refractivity contribution is 5.91. The summed E-state index contributed by atoms with van der Waals surface area (Å²) in [5, 5.41) is 0. The minimum atomic E-state index is -0.720. The molecular formula is C19H30N2O5. The van der Waals surface area contributed by atoms with E-state index in [0.29, 0.717) is 19.4 Å². The summed E-state index contributed by atoms with van der Waals surface area (Å²) in [4.78, 5) is 41.1. The van der Waals surface area contributed by atoms with Crippen LogP contribution in [0.4, 0.5) is 4.79 Å². The molecule has 2 rings (SSSR count). The van der Waals surface area contributed by atoms with Gasteiger partial charge in [0.25, 0.3) is 0 Å². The zero-order chi connectivity index (χ0) is 19.6. The molecule has 2 amide bonds. The molecule has 1 fully saturated rings. The number of amides is 2. The van der Waals surface area contributed by atoms with Crippen molar-refractivity contribution in [3.63, 3.8) is 0 Å². The topological polar surface area (TPSA) is 76.2 Å². The summed E-state index contributed by atoms with van der Waals surface area (Å²) in [6.45, 7) is 9.47. The molecule has 0 unspecified atom stereocenters. The molecular weight excluding hydrogens is 336 g/mol. The van der Waals surface area contributed by atoms with E-state index in [0.717, 1.165) is 0 Å². The first kappa shape index (κ1) is 20.3. The van der Waals surface area contributed by atoms with Gasteiger partial charge in [-0.2, -0.15) is 0 Å². The van der Waals surface area contributed by atoms with Crippen LogP contribution in [0.5, 0.6) is 0 Å². The summed E-state index contributed by atoms with van der Waals surface area (Å²) in [5.41, 5.74) is -0.635. The molecule has 0 aromatic heterocycles. The quantitative estimate of drug-likeness (QED) is 0.566. The van der Waals surface area contributed by atoms with Crippen LogP contribution in [0.25, 0.3) is 0 Å². The first-order chi connectivity index (χ1) is 12.1. The second-order valence-corrected chi connectivity index (χ2v) is 7.88. The van der Waals surface area contributed by atoms with Gasteiger partial charge in [0.2, 0.25) is 5.91 Å². The fourth-order valence-corrected chi connectivity index (χ4v) is 3.63. The maximum atomic E-state index is 13.4. The molecule has 0 aromatic rings. The number of esters is 1. The van der Waals surface area contributed by atoms with Crippen molar-refractivity contribution in [3.8, 4) is 0 Å². The number of methoxy groups -OCH3 is 1. The van der Waals surface area contributed by atoms with Crippen molar-refractivity contribution in [2.75, 3.05) is 13.7 Å². The van der Waals surface area contributed by atoms with Crippen molar-refractivity contribution in [2.45, 2.75) is 71.2 Å². The fraction of sp³-hybridized carbons (Fsp3) is 0.737. The molecule has 7 heteroatoms. The Hall–Kier alpha value is -2.05. The lowest BCUT2D eigenvalue weighted by Gasteiger charge is -2.36. The van der Waals surface area contributed by atoms with Gasteiger partial charge in [-0.25, -0.2) is 9.59 Å². The van der Waals surface area contributed by atoms with Crippen LogP contribution in [0.15, 0.2) is 12.2 Å². The van der Waals surface area contributed by atoms with Crippen LogP contribution in [-0.4, -0.2) is 65.2 Å². The van der Waals surface area contributed by atoms with Crippen molar-refractivity contribution in [1.82, 2.24) is 9.80 Å². The molecule has 0 aliphatic carbocycles. The Kier molecular flexibility index (Phi) is 5.98. The molecule has 0 N–H and O–H groups in total. The van der Waals surface area contributed by atoms with Crippen LogP contribution >= 0.6 is 0 Å². The van der Waals surface area contributed by atoms with E-state index in [-0.39, 0.29) is 17.9 Å². The normalized spacial score (nSPS) is 27.0. The maximum Gasteiger partial charge on any atom is 0.410 e. The summed E-state index contributed by atoms with van der Waals surface area (Å²) in [5.74, 6) is -0.766. The van der Waals surface area contributed by atoms with Gasteiger partial charge in [-0.05, 0) is 40.5 Å². The third kappa shape index (κ3) is 4.02. The van der Waals surface area contributed by atoms with Crippen LogP contribution in [0.1, 0.15) is 47.5 Å². The Morgan fingerprint density at radius 1 is 1.31 bits per heavy atom. The molecule has 146 valence electrons. The van der Waals surface area contributed by atoms with E-state index in [4.69, 9.17) is 9.47 Å². The molecule has 26 heavy (non-hydrogen) atoms. The zero-order valence-corrected chi connectivity index (χ0v) is 16.5. The van der Waals surface area contributed by atoms with Crippen molar-refractivity contribution in [1.29, 1.82) is 0 Å². The monoisotopic (exact) mass is 366 g/mol. The minimum absolute atomic E-state index is 0.0704. The average Bonchev–Trinajstić information content (AvgIpc) is 2.93. The summed E-state index contributed by atoms with van der Waals surface area (Å²) >= 11 is 0. The van der Waals surface area contributed by atoms with Crippen LogP contribution in [-0.2, 0) is 19.1 Å².